The van der Waals surface area contributed by atoms with Crippen molar-refractivity contribution in [3.8, 4) is 11.3 Å². The highest BCUT2D eigenvalue weighted by Crippen LogP contribution is 2.25. The lowest BCUT2D eigenvalue weighted by Gasteiger charge is -2.21. The zero-order chi connectivity index (χ0) is 24.4. The largest absolute Gasteiger partial charge is 0.467 e. The number of hydrogen-bond acceptors (Lipinski definition) is 6. The highest BCUT2D eigenvalue weighted by atomic mass is 35.5. The van der Waals surface area contributed by atoms with Gasteiger partial charge in [-0.2, -0.15) is 0 Å². The predicted octanol–water partition coefficient (Wildman–Crippen LogP) is 6.10. The summed E-state index contributed by atoms with van der Waals surface area (Å²) in [5, 5.41) is 13.7. The molecule has 0 aliphatic carbocycles. The van der Waals surface area contributed by atoms with Crippen LogP contribution in [0.15, 0.2) is 82.9 Å². The minimum atomic E-state index is -0.486. The fraction of sp³-hybridized carbons (Fsp3) is 0.120. The molecule has 0 N–H and O–H groups in total. The van der Waals surface area contributed by atoms with E-state index in [9.17, 15) is 14.9 Å². The third kappa shape index (κ3) is 4.96. The second-order valence-electron chi connectivity index (χ2n) is 7.87. The van der Waals surface area contributed by atoms with Gasteiger partial charge in [-0.25, -0.2) is 4.98 Å². The van der Waals surface area contributed by atoms with Gasteiger partial charge in [-0.15, -0.1) is 11.3 Å². The maximum Gasteiger partial charge on any atom is 0.269 e. The van der Waals surface area contributed by atoms with Crippen LogP contribution in [0.25, 0.3) is 16.2 Å². The van der Waals surface area contributed by atoms with E-state index in [-0.39, 0.29) is 18.1 Å². The molecule has 0 fully saturated rings. The number of nitrogens with zero attached hydrogens (tertiary/aromatic N) is 4. The first-order chi connectivity index (χ1) is 17.0. The molecule has 35 heavy (non-hydrogen) atoms. The summed E-state index contributed by atoms with van der Waals surface area (Å²) >= 11 is 7.54. The molecule has 0 aliphatic rings. The third-order valence-corrected chi connectivity index (χ3v) is 6.74. The van der Waals surface area contributed by atoms with Crippen LogP contribution >= 0.6 is 22.9 Å². The number of nitro benzene ring substituents is 1. The van der Waals surface area contributed by atoms with Crippen LogP contribution in [0.4, 0.5) is 5.69 Å². The Bertz CT molecular complexity index is 1470. The molecule has 0 unspecified atom stereocenters. The Kier molecular flexibility index (Phi) is 6.35. The Balaban J connectivity index is 1.37. The van der Waals surface area contributed by atoms with E-state index in [1.165, 1.54) is 35.6 Å². The monoisotopic (exact) mass is 506 g/mol. The molecule has 0 radical (unpaired) electrons. The average molecular weight is 507 g/mol. The smallest absolute Gasteiger partial charge is 0.269 e. The molecule has 0 atom stereocenters. The molecule has 8 nitrogen and oxygen atoms in total. The molecule has 5 rings (SSSR count). The molecule has 3 aromatic heterocycles. The van der Waals surface area contributed by atoms with Gasteiger partial charge in [0.2, 0.25) is 0 Å². The molecule has 5 aromatic rings. The molecule has 2 aromatic carbocycles. The lowest BCUT2D eigenvalue weighted by molar-refractivity contribution is -0.384. The lowest BCUT2D eigenvalue weighted by atomic mass is 10.1. The molecular weight excluding hydrogens is 488 g/mol. The number of carbonyl (C=O) groups excluding carboxylic acids is 1. The summed E-state index contributed by atoms with van der Waals surface area (Å²) < 4.78 is 7.50. The summed E-state index contributed by atoms with van der Waals surface area (Å²) in [6.07, 6.45) is 4.14. The number of benzene rings is 2. The van der Waals surface area contributed by atoms with Crippen molar-refractivity contribution in [2.24, 2.45) is 0 Å². The molecule has 10 heteroatoms. The quantitative estimate of drug-likeness (QED) is 0.187. The van der Waals surface area contributed by atoms with Crippen molar-refractivity contribution in [1.29, 1.82) is 0 Å². The van der Waals surface area contributed by atoms with Crippen molar-refractivity contribution in [2.75, 3.05) is 6.54 Å². The Morgan fingerprint density at radius 1 is 1.14 bits per heavy atom. The van der Waals surface area contributed by atoms with E-state index in [1.807, 2.05) is 46.3 Å². The van der Waals surface area contributed by atoms with E-state index in [0.717, 1.165) is 21.9 Å². The Morgan fingerprint density at radius 2 is 1.91 bits per heavy atom. The second-order valence-corrected chi connectivity index (χ2v) is 9.15. The van der Waals surface area contributed by atoms with Gasteiger partial charge in [0.1, 0.15) is 5.76 Å². The summed E-state index contributed by atoms with van der Waals surface area (Å²) in [6.45, 7) is 0.715. The van der Waals surface area contributed by atoms with Crippen molar-refractivity contribution in [3.05, 3.63) is 111 Å². The van der Waals surface area contributed by atoms with E-state index in [4.69, 9.17) is 21.0 Å². The van der Waals surface area contributed by atoms with Crippen LogP contribution in [-0.4, -0.2) is 31.7 Å². The van der Waals surface area contributed by atoms with Gasteiger partial charge in [0.25, 0.3) is 11.6 Å². The fourth-order valence-electron chi connectivity index (χ4n) is 3.77. The number of furan rings is 1. The first-order valence-corrected chi connectivity index (χ1v) is 12.0. The maximum absolute atomic E-state index is 13.3. The van der Waals surface area contributed by atoms with E-state index in [0.29, 0.717) is 29.3 Å². The second kappa shape index (κ2) is 9.73. The molecule has 3 heterocycles. The average Bonchev–Trinajstić information content (AvgIpc) is 3.60. The van der Waals surface area contributed by atoms with E-state index in [1.54, 1.807) is 17.2 Å². The molecule has 0 spiro atoms. The summed E-state index contributed by atoms with van der Waals surface area (Å²) in [5.74, 6) is 0.429. The van der Waals surface area contributed by atoms with Gasteiger partial charge in [-0.3, -0.25) is 19.3 Å². The van der Waals surface area contributed by atoms with Crippen molar-refractivity contribution in [1.82, 2.24) is 14.3 Å². The predicted molar refractivity (Wildman–Crippen MR) is 134 cm³/mol. The van der Waals surface area contributed by atoms with Gasteiger partial charge in [0.05, 0.1) is 23.4 Å². The summed E-state index contributed by atoms with van der Waals surface area (Å²) in [4.78, 5) is 31.0. The molecule has 1 amide bonds. The maximum atomic E-state index is 13.3. The Morgan fingerprint density at radius 3 is 2.60 bits per heavy atom. The number of imidazole rings is 1. The summed E-state index contributed by atoms with van der Waals surface area (Å²) in [6, 6.07) is 16.8. The molecule has 0 aliphatic heterocycles. The number of rotatable bonds is 8. The minimum Gasteiger partial charge on any atom is -0.467 e. The van der Waals surface area contributed by atoms with Gasteiger partial charge in [-0.1, -0.05) is 23.7 Å². The number of carbonyl (C=O) groups is 1. The van der Waals surface area contributed by atoms with Crippen LogP contribution < -0.4 is 0 Å². The lowest BCUT2D eigenvalue weighted by Crippen LogP contribution is -2.32. The topological polar surface area (TPSA) is 93.9 Å². The van der Waals surface area contributed by atoms with Crippen LogP contribution in [0.1, 0.15) is 21.8 Å². The highest BCUT2D eigenvalue weighted by molar-refractivity contribution is 7.15. The van der Waals surface area contributed by atoms with Crippen LogP contribution in [0.2, 0.25) is 5.02 Å². The van der Waals surface area contributed by atoms with E-state index in [2.05, 4.69) is 0 Å². The molecule has 0 saturated heterocycles. The number of aromatic nitrogens is 2. The van der Waals surface area contributed by atoms with E-state index < -0.39 is 4.92 Å². The molecule has 0 saturated carbocycles. The van der Waals surface area contributed by atoms with Gasteiger partial charge in [-0.05, 0) is 36.4 Å². The van der Waals surface area contributed by atoms with Crippen molar-refractivity contribution < 1.29 is 14.1 Å². The SMILES string of the molecule is O=C(c1ccc([N+](=O)[O-])cc1)N(CCc1csc2nc(-c3ccc(Cl)cc3)cn12)Cc1ccco1. The molecule has 0 bridgehead atoms. The van der Waals surface area contributed by atoms with Crippen molar-refractivity contribution in [3.63, 3.8) is 0 Å². The third-order valence-electron chi connectivity index (χ3n) is 5.60. The first kappa shape index (κ1) is 22.8. The van der Waals surface area contributed by atoms with Gasteiger partial charge in [0.15, 0.2) is 4.96 Å². The first-order valence-electron chi connectivity index (χ1n) is 10.8. The molecular formula is C25H19ClN4O4S. The van der Waals surface area contributed by atoms with Crippen LogP contribution in [0.3, 0.4) is 0 Å². The number of amides is 1. The molecule has 176 valence electrons. The number of halogens is 1. The normalized spacial score (nSPS) is 11.1. The number of non-ortho nitro benzene ring substituents is 1. The van der Waals surface area contributed by atoms with Crippen LogP contribution in [-0.2, 0) is 13.0 Å². The Labute approximate surface area is 209 Å². The van der Waals surface area contributed by atoms with Crippen molar-refractivity contribution >= 4 is 39.5 Å². The standard InChI is InChI=1S/C25H19ClN4O4S/c26-19-7-3-17(4-8-19)23-15-29-21(16-35-25(29)27-23)11-12-28(14-22-2-1-13-34-22)24(31)18-5-9-20(10-6-18)30(32)33/h1-10,13,15-16H,11-12,14H2. The van der Waals surface area contributed by atoms with Gasteiger partial charge in [0, 0.05) is 58.5 Å². The van der Waals surface area contributed by atoms with E-state index >= 15 is 0 Å². The van der Waals surface area contributed by atoms with Crippen molar-refractivity contribution in [2.45, 2.75) is 13.0 Å². The zero-order valence-electron chi connectivity index (χ0n) is 18.3. The Hall–Kier alpha value is -3.95. The highest BCUT2D eigenvalue weighted by Gasteiger charge is 2.20. The summed E-state index contributed by atoms with van der Waals surface area (Å²) in [7, 11) is 0. The van der Waals surface area contributed by atoms with Gasteiger partial charge < -0.3 is 9.32 Å². The van der Waals surface area contributed by atoms with Gasteiger partial charge >= 0.3 is 0 Å². The number of hydrogen-bond donors (Lipinski definition) is 0. The van der Waals surface area contributed by atoms with Crippen LogP contribution in [0.5, 0.6) is 0 Å². The number of nitro groups is 1. The summed E-state index contributed by atoms with van der Waals surface area (Å²) in [5.41, 5.74) is 3.17. The number of thiazole rings is 1. The fourth-order valence-corrected chi connectivity index (χ4v) is 4.80. The zero-order valence-corrected chi connectivity index (χ0v) is 19.9. The van der Waals surface area contributed by atoms with Crippen LogP contribution in [0, 0.1) is 10.1 Å². The minimum absolute atomic E-state index is 0.0589. The number of fused-ring (bicyclic) bond motifs is 1.